The van der Waals surface area contributed by atoms with Gasteiger partial charge in [0.2, 0.25) is 10.0 Å². The molecule has 1 heterocycles. The topological polar surface area (TPSA) is 122 Å². The Hall–Kier alpha value is -2.69. The molecule has 0 saturated carbocycles. The Morgan fingerprint density at radius 2 is 1.93 bits per heavy atom. The number of amides is 1. The summed E-state index contributed by atoms with van der Waals surface area (Å²) in [7, 11) is -3.82. The van der Waals surface area contributed by atoms with Crippen LogP contribution >= 0.6 is 15.9 Å². The summed E-state index contributed by atoms with van der Waals surface area (Å²) in [5.74, 6) is -0.0917. The lowest BCUT2D eigenvalue weighted by Gasteiger charge is -2.12. The Kier molecular flexibility index (Phi) is 5.78. The first-order valence-corrected chi connectivity index (χ1v) is 10.9. The van der Waals surface area contributed by atoms with E-state index in [9.17, 15) is 18.3 Å². The van der Waals surface area contributed by atoms with Crippen LogP contribution in [0.15, 0.2) is 56.4 Å². The number of anilines is 1. The smallest absolute Gasteiger partial charge is 0.280 e. The van der Waals surface area contributed by atoms with Gasteiger partial charge >= 0.3 is 0 Å². The van der Waals surface area contributed by atoms with Gasteiger partial charge in [0, 0.05) is 0 Å². The van der Waals surface area contributed by atoms with Crippen LogP contribution in [0.5, 0.6) is 11.5 Å². The van der Waals surface area contributed by atoms with Crippen molar-refractivity contribution in [3.05, 3.63) is 52.0 Å². The number of aromatic hydroxyl groups is 1. The maximum absolute atomic E-state index is 12.9. The van der Waals surface area contributed by atoms with Crippen LogP contribution in [-0.2, 0) is 14.8 Å². The van der Waals surface area contributed by atoms with E-state index in [0.29, 0.717) is 39.4 Å². The third kappa shape index (κ3) is 4.34. The molecule has 152 valence electrons. The normalized spacial score (nSPS) is 15.7. The highest BCUT2D eigenvalue weighted by Gasteiger charge is 2.29. The number of nitrogens with zero attached hydrogens (tertiary/aromatic N) is 2. The molecule has 1 aliphatic heterocycles. The minimum atomic E-state index is -3.82. The van der Waals surface area contributed by atoms with Crippen molar-refractivity contribution in [1.29, 1.82) is 0 Å². The van der Waals surface area contributed by atoms with E-state index >= 15 is 0 Å². The van der Waals surface area contributed by atoms with Gasteiger partial charge in [0.25, 0.3) is 5.91 Å². The minimum absolute atomic E-state index is 0.0197. The molecule has 0 spiro atoms. The number of carbonyl (C=O) groups excluding carboxylic acids is 1. The molecule has 8 nitrogen and oxygen atoms in total. The van der Waals surface area contributed by atoms with Gasteiger partial charge in [-0.1, -0.05) is 0 Å². The number of nitrogens with two attached hydrogens (primary N) is 1. The van der Waals surface area contributed by atoms with Crippen LogP contribution in [0.3, 0.4) is 0 Å². The first-order chi connectivity index (χ1) is 13.6. The lowest BCUT2D eigenvalue weighted by atomic mass is 10.1. The number of hydrogen-bond donors (Lipinski definition) is 2. The number of rotatable bonds is 5. The van der Waals surface area contributed by atoms with Crippen LogP contribution in [0.1, 0.15) is 19.4 Å². The first-order valence-electron chi connectivity index (χ1n) is 8.51. The summed E-state index contributed by atoms with van der Waals surface area (Å²) >= 11 is 3.27. The van der Waals surface area contributed by atoms with Crippen molar-refractivity contribution >= 4 is 49.3 Å². The number of carbonyl (C=O) groups is 1. The summed E-state index contributed by atoms with van der Waals surface area (Å²) < 4.78 is 28.6. The average Bonchev–Trinajstić information content (AvgIpc) is 2.93. The number of benzene rings is 2. The monoisotopic (exact) mass is 479 g/mol. The number of halogens is 1. The molecular weight excluding hydrogens is 462 g/mol. The molecular formula is C19H18BrN3O5S. The highest BCUT2D eigenvalue weighted by atomic mass is 79.9. The predicted octanol–water partition coefficient (Wildman–Crippen LogP) is 3.01. The average molecular weight is 480 g/mol. The van der Waals surface area contributed by atoms with Crippen LogP contribution in [0.25, 0.3) is 6.08 Å². The van der Waals surface area contributed by atoms with E-state index in [1.54, 1.807) is 32.1 Å². The van der Waals surface area contributed by atoms with Gasteiger partial charge in [-0.25, -0.2) is 13.6 Å². The van der Waals surface area contributed by atoms with Gasteiger partial charge in [0.15, 0.2) is 11.5 Å². The second-order valence-corrected chi connectivity index (χ2v) is 8.60. The van der Waals surface area contributed by atoms with Crippen LogP contribution in [0.2, 0.25) is 0 Å². The van der Waals surface area contributed by atoms with Crippen molar-refractivity contribution in [2.45, 2.75) is 18.7 Å². The minimum Gasteiger partial charge on any atom is -0.503 e. The summed E-state index contributed by atoms with van der Waals surface area (Å²) in [5.41, 5.74) is 1.91. The Morgan fingerprint density at radius 1 is 1.28 bits per heavy atom. The molecule has 10 heteroatoms. The fourth-order valence-corrected chi connectivity index (χ4v) is 3.72. The molecule has 0 aromatic heterocycles. The highest BCUT2D eigenvalue weighted by molar-refractivity contribution is 9.10. The van der Waals surface area contributed by atoms with Crippen molar-refractivity contribution in [2.24, 2.45) is 10.2 Å². The summed E-state index contributed by atoms with van der Waals surface area (Å²) in [6, 6.07) is 8.84. The van der Waals surface area contributed by atoms with Gasteiger partial charge in [0.05, 0.1) is 32.9 Å². The Morgan fingerprint density at radius 3 is 2.52 bits per heavy atom. The number of phenolic OH excluding ortho intramolecular Hbond substituents is 1. The molecule has 0 atom stereocenters. The highest BCUT2D eigenvalue weighted by Crippen LogP contribution is 2.36. The largest absolute Gasteiger partial charge is 0.503 e. The van der Waals surface area contributed by atoms with Crippen LogP contribution in [-0.4, -0.2) is 31.8 Å². The van der Waals surface area contributed by atoms with E-state index in [4.69, 9.17) is 9.88 Å². The van der Waals surface area contributed by atoms with Gasteiger partial charge in [-0.15, -0.1) is 0 Å². The van der Waals surface area contributed by atoms with E-state index in [0.717, 1.165) is 0 Å². The standard InChI is InChI=1S/C19H18BrN3O5S/c1-3-28-17-10-12(9-16(20)18(17)24)8-15-11(2)22-23(19(15)25)13-4-6-14(7-5-13)29(21,26)27/h4-10,24H,3H2,1-2H3,(H2,21,26,27). The maximum Gasteiger partial charge on any atom is 0.280 e. The fourth-order valence-electron chi connectivity index (χ4n) is 2.75. The number of phenols is 1. The van der Waals surface area contributed by atoms with Crippen LogP contribution in [0.4, 0.5) is 5.69 Å². The van der Waals surface area contributed by atoms with Crippen molar-refractivity contribution in [2.75, 3.05) is 11.6 Å². The molecule has 2 aromatic rings. The molecule has 0 fully saturated rings. The fraction of sp³-hybridized carbons (Fsp3) is 0.158. The van der Waals surface area contributed by atoms with E-state index in [-0.39, 0.29) is 16.6 Å². The Bertz CT molecular complexity index is 1140. The molecule has 1 amide bonds. The zero-order valence-corrected chi connectivity index (χ0v) is 18.0. The maximum atomic E-state index is 12.9. The molecule has 0 radical (unpaired) electrons. The molecule has 0 bridgehead atoms. The number of primary sulfonamides is 1. The lowest BCUT2D eigenvalue weighted by Crippen LogP contribution is -2.21. The molecule has 29 heavy (non-hydrogen) atoms. The lowest BCUT2D eigenvalue weighted by molar-refractivity contribution is -0.114. The van der Waals surface area contributed by atoms with E-state index in [2.05, 4.69) is 21.0 Å². The third-order valence-corrected chi connectivity index (χ3v) is 5.67. The molecule has 3 N–H and O–H groups in total. The first kappa shape index (κ1) is 21.0. The zero-order valence-electron chi connectivity index (χ0n) is 15.6. The Balaban J connectivity index is 1.94. The molecule has 0 saturated heterocycles. The predicted molar refractivity (Wildman–Crippen MR) is 113 cm³/mol. The SMILES string of the molecule is CCOc1cc(C=C2C(=O)N(c3ccc(S(N)(=O)=O)cc3)N=C2C)cc(Br)c1O. The van der Waals surface area contributed by atoms with Crippen molar-refractivity contribution in [3.8, 4) is 11.5 Å². The number of sulfonamides is 1. The molecule has 3 rings (SSSR count). The summed E-state index contributed by atoms with van der Waals surface area (Å²) in [5, 5.41) is 20.6. The summed E-state index contributed by atoms with van der Waals surface area (Å²) in [4.78, 5) is 12.8. The van der Waals surface area contributed by atoms with E-state index in [1.165, 1.54) is 29.3 Å². The third-order valence-electron chi connectivity index (χ3n) is 4.13. The van der Waals surface area contributed by atoms with Gasteiger partial charge < -0.3 is 9.84 Å². The van der Waals surface area contributed by atoms with Gasteiger partial charge in [-0.05, 0) is 77.8 Å². The molecule has 0 unspecified atom stereocenters. The molecule has 2 aromatic carbocycles. The van der Waals surface area contributed by atoms with Gasteiger partial charge in [-0.3, -0.25) is 4.79 Å². The summed E-state index contributed by atoms with van der Waals surface area (Å²) in [6.45, 7) is 3.87. The summed E-state index contributed by atoms with van der Waals surface area (Å²) in [6.07, 6.45) is 1.65. The molecule has 0 aliphatic carbocycles. The number of hydrazone groups is 1. The van der Waals surface area contributed by atoms with E-state index in [1.807, 2.05) is 0 Å². The van der Waals surface area contributed by atoms with Gasteiger partial charge in [0.1, 0.15) is 0 Å². The van der Waals surface area contributed by atoms with Gasteiger partial charge in [-0.2, -0.15) is 10.1 Å². The number of hydrogen-bond acceptors (Lipinski definition) is 6. The van der Waals surface area contributed by atoms with E-state index < -0.39 is 10.0 Å². The second-order valence-electron chi connectivity index (χ2n) is 6.18. The Labute approximate surface area is 176 Å². The second kappa shape index (κ2) is 7.97. The van der Waals surface area contributed by atoms with Crippen molar-refractivity contribution in [1.82, 2.24) is 0 Å². The van der Waals surface area contributed by atoms with Crippen LogP contribution < -0.4 is 14.9 Å². The quantitative estimate of drug-likeness (QED) is 0.638. The molecule has 1 aliphatic rings. The zero-order chi connectivity index (χ0) is 21.3. The van der Waals surface area contributed by atoms with Crippen molar-refractivity contribution < 1.29 is 23.1 Å². The van der Waals surface area contributed by atoms with Crippen molar-refractivity contribution in [3.63, 3.8) is 0 Å². The number of ether oxygens (including phenoxy) is 1. The van der Waals surface area contributed by atoms with Crippen LogP contribution in [0, 0.1) is 0 Å².